The van der Waals surface area contributed by atoms with Crippen LogP contribution in [0.3, 0.4) is 0 Å². The number of hydrogen-bond acceptors (Lipinski definition) is 3. The summed E-state index contributed by atoms with van der Waals surface area (Å²) < 4.78 is 1.63. The summed E-state index contributed by atoms with van der Waals surface area (Å²) in [5.74, 6) is 2.37. The van der Waals surface area contributed by atoms with Crippen LogP contribution in [0.5, 0.6) is 0 Å². The minimum Gasteiger partial charge on any atom is -0.322 e. The molecule has 2 aromatic rings. The van der Waals surface area contributed by atoms with Crippen molar-refractivity contribution in [2.45, 2.75) is 4.58 Å². The maximum Gasteiger partial charge on any atom is 0.255 e. The largest absolute Gasteiger partial charge is 0.322 e. The summed E-state index contributed by atoms with van der Waals surface area (Å²) in [6, 6.07) is 15.8. The molecule has 5 heteroatoms. The number of amides is 1. The second kappa shape index (κ2) is 7.07. The standard InChI is InChI=1S/C16H14INOS2/c17-13-2-1-3-14(10-13)18-15(19)11-4-6-12(7-5-11)16-20-8-9-21-16/h1-7,10,16H,8-9H2,(H,18,19). The van der Waals surface area contributed by atoms with Crippen molar-refractivity contribution in [1.29, 1.82) is 0 Å². The lowest BCUT2D eigenvalue weighted by atomic mass is 10.1. The van der Waals surface area contributed by atoms with Gasteiger partial charge in [0.15, 0.2) is 0 Å². The highest BCUT2D eigenvalue weighted by atomic mass is 127. The van der Waals surface area contributed by atoms with Crippen molar-refractivity contribution >= 4 is 57.7 Å². The molecule has 3 rings (SSSR count). The third kappa shape index (κ3) is 3.96. The van der Waals surface area contributed by atoms with Crippen LogP contribution in [0, 0.1) is 3.57 Å². The zero-order valence-electron chi connectivity index (χ0n) is 11.2. The topological polar surface area (TPSA) is 29.1 Å². The summed E-state index contributed by atoms with van der Waals surface area (Å²) >= 11 is 6.19. The van der Waals surface area contributed by atoms with Crippen LogP contribution in [0.25, 0.3) is 0 Å². The van der Waals surface area contributed by atoms with E-state index in [2.05, 4.69) is 40.0 Å². The molecule has 108 valence electrons. The van der Waals surface area contributed by atoms with Gasteiger partial charge in [-0.1, -0.05) is 18.2 Å². The normalized spacial score (nSPS) is 15.1. The van der Waals surface area contributed by atoms with Crippen molar-refractivity contribution in [1.82, 2.24) is 0 Å². The molecule has 0 atom stereocenters. The Kier molecular flexibility index (Phi) is 5.13. The van der Waals surface area contributed by atoms with Gasteiger partial charge < -0.3 is 5.32 Å². The van der Waals surface area contributed by atoms with Crippen LogP contribution in [0.2, 0.25) is 0 Å². The second-order valence-corrected chi connectivity index (χ2v) is 8.63. The van der Waals surface area contributed by atoms with E-state index in [1.54, 1.807) is 0 Å². The van der Waals surface area contributed by atoms with E-state index in [1.165, 1.54) is 17.1 Å². The smallest absolute Gasteiger partial charge is 0.255 e. The number of halogens is 1. The average molecular weight is 427 g/mol. The van der Waals surface area contributed by atoms with Crippen molar-refractivity contribution in [3.8, 4) is 0 Å². The van der Waals surface area contributed by atoms with Gasteiger partial charge in [-0.2, -0.15) is 0 Å². The predicted molar refractivity (Wildman–Crippen MR) is 101 cm³/mol. The number of anilines is 1. The van der Waals surface area contributed by atoms with Crippen LogP contribution in [0.1, 0.15) is 20.5 Å². The van der Waals surface area contributed by atoms with Crippen molar-refractivity contribution in [2.24, 2.45) is 0 Å². The molecule has 0 radical (unpaired) electrons. The molecule has 1 saturated heterocycles. The first-order valence-corrected chi connectivity index (χ1v) is 9.80. The summed E-state index contributed by atoms with van der Waals surface area (Å²) in [5.41, 5.74) is 2.83. The van der Waals surface area contributed by atoms with E-state index in [-0.39, 0.29) is 5.91 Å². The van der Waals surface area contributed by atoms with Crippen molar-refractivity contribution in [2.75, 3.05) is 16.8 Å². The number of thioether (sulfide) groups is 2. The molecule has 1 amide bonds. The summed E-state index contributed by atoms with van der Waals surface area (Å²) in [7, 11) is 0. The Bertz CT molecular complexity index is 639. The summed E-state index contributed by atoms with van der Waals surface area (Å²) in [4.78, 5) is 12.2. The quantitative estimate of drug-likeness (QED) is 0.698. The highest BCUT2D eigenvalue weighted by Crippen LogP contribution is 2.45. The molecular weight excluding hydrogens is 413 g/mol. The van der Waals surface area contributed by atoms with Crippen LogP contribution in [0.4, 0.5) is 5.69 Å². The van der Waals surface area contributed by atoms with Gasteiger partial charge in [-0.3, -0.25) is 4.79 Å². The first kappa shape index (κ1) is 15.2. The molecule has 1 aliphatic heterocycles. The Hall–Kier alpha value is -0.660. The molecule has 0 bridgehead atoms. The van der Waals surface area contributed by atoms with Crippen LogP contribution in [0.15, 0.2) is 48.5 Å². The molecular formula is C16H14INOS2. The fourth-order valence-electron chi connectivity index (χ4n) is 2.11. The molecule has 2 nitrogen and oxygen atoms in total. The van der Waals surface area contributed by atoms with Crippen LogP contribution < -0.4 is 5.32 Å². The van der Waals surface area contributed by atoms with E-state index in [0.29, 0.717) is 10.1 Å². The Morgan fingerprint density at radius 3 is 2.48 bits per heavy atom. The van der Waals surface area contributed by atoms with E-state index in [0.717, 1.165) is 9.26 Å². The van der Waals surface area contributed by atoms with Gasteiger partial charge in [0.2, 0.25) is 0 Å². The predicted octanol–water partition coefficient (Wildman–Crippen LogP) is 5.02. The van der Waals surface area contributed by atoms with Gasteiger partial charge in [-0.25, -0.2) is 0 Å². The van der Waals surface area contributed by atoms with Gasteiger partial charge >= 0.3 is 0 Å². The number of benzene rings is 2. The third-order valence-corrected chi connectivity index (χ3v) is 6.92. The lowest BCUT2D eigenvalue weighted by Gasteiger charge is -2.10. The van der Waals surface area contributed by atoms with Crippen LogP contribution >= 0.6 is 46.1 Å². The summed E-state index contributed by atoms with van der Waals surface area (Å²) in [6.07, 6.45) is 0. The average Bonchev–Trinajstić information content (AvgIpc) is 3.01. The lowest BCUT2D eigenvalue weighted by Crippen LogP contribution is -2.11. The third-order valence-electron chi connectivity index (χ3n) is 3.15. The highest BCUT2D eigenvalue weighted by Gasteiger charge is 2.18. The molecule has 1 aliphatic rings. The fourth-order valence-corrected chi connectivity index (χ4v) is 5.51. The lowest BCUT2D eigenvalue weighted by molar-refractivity contribution is 0.102. The molecule has 0 aromatic heterocycles. The van der Waals surface area contributed by atoms with Gasteiger partial charge in [0.25, 0.3) is 5.91 Å². The number of carbonyl (C=O) groups is 1. The van der Waals surface area contributed by atoms with Crippen molar-refractivity contribution in [3.63, 3.8) is 0 Å². The fraction of sp³-hybridized carbons (Fsp3) is 0.188. The molecule has 0 aliphatic carbocycles. The summed E-state index contributed by atoms with van der Waals surface area (Å²) in [6.45, 7) is 0. The molecule has 2 aromatic carbocycles. The number of nitrogens with one attached hydrogen (secondary N) is 1. The van der Waals surface area contributed by atoms with Crippen molar-refractivity contribution in [3.05, 3.63) is 63.2 Å². The van der Waals surface area contributed by atoms with Crippen LogP contribution in [-0.2, 0) is 0 Å². The highest BCUT2D eigenvalue weighted by molar-refractivity contribution is 14.1. The first-order valence-electron chi connectivity index (χ1n) is 6.62. The zero-order chi connectivity index (χ0) is 14.7. The van der Waals surface area contributed by atoms with Gasteiger partial charge in [0.1, 0.15) is 0 Å². The minimum atomic E-state index is -0.0599. The SMILES string of the molecule is O=C(Nc1cccc(I)c1)c1ccc(C2SCCS2)cc1. The maximum atomic E-state index is 12.2. The van der Waals surface area contributed by atoms with E-state index >= 15 is 0 Å². The molecule has 1 heterocycles. The molecule has 1 fully saturated rings. The van der Waals surface area contributed by atoms with Gasteiger partial charge in [0, 0.05) is 26.3 Å². The molecule has 1 N–H and O–H groups in total. The van der Waals surface area contributed by atoms with E-state index in [1.807, 2.05) is 59.9 Å². The van der Waals surface area contributed by atoms with E-state index in [4.69, 9.17) is 0 Å². The number of rotatable bonds is 3. The van der Waals surface area contributed by atoms with Gasteiger partial charge in [0.05, 0.1) is 4.58 Å². The number of carbonyl (C=O) groups excluding carboxylic acids is 1. The van der Waals surface area contributed by atoms with E-state index in [9.17, 15) is 4.79 Å². The minimum absolute atomic E-state index is 0.0599. The Morgan fingerprint density at radius 1 is 1.10 bits per heavy atom. The molecule has 0 saturated carbocycles. The maximum absolute atomic E-state index is 12.2. The summed E-state index contributed by atoms with van der Waals surface area (Å²) in [5, 5.41) is 2.93. The molecule has 0 spiro atoms. The molecule has 21 heavy (non-hydrogen) atoms. The first-order chi connectivity index (χ1) is 10.2. The molecule has 0 unspecified atom stereocenters. The Balaban J connectivity index is 1.70. The Morgan fingerprint density at radius 2 is 1.81 bits per heavy atom. The van der Waals surface area contributed by atoms with Gasteiger partial charge in [-0.15, -0.1) is 23.5 Å². The van der Waals surface area contributed by atoms with Crippen LogP contribution in [-0.4, -0.2) is 17.4 Å². The zero-order valence-corrected chi connectivity index (χ0v) is 15.0. The van der Waals surface area contributed by atoms with Crippen molar-refractivity contribution < 1.29 is 4.79 Å². The Labute approximate surface area is 146 Å². The second-order valence-electron chi connectivity index (χ2n) is 4.66. The van der Waals surface area contributed by atoms with E-state index < -0.39 is 0 Å². The number of hydrogen-bond donors (Lipinski definition) is 1. The van der Waals surface area contributed by atoms with Gasteiger partial charge in [-0.05, 0) is 58.5 Å². The monoisotopic (exact) mass is 427 g/mol.